The molecule has 0 spiro atoms. The van der Waals surface area contributed by atoms with Crippen molar-refractivity contribution in [1.82, 2.24) is 24.7 Å². The summed E-state index contributed by atoms with van der Waals surface area (Å²) >= 11 is 0.927. The number of carbonyl (C=O) groups is 1. The fourth-order valence-electron chi connectivity index (χ4n) is 4.05. The number of fused-ring (bicyclic) bond motifs is 1. The van der Waals surface area contributed by atoms with Crippen LogP contribution in [0.25, 0.3) is 0 Å². The Morgan fingerprint density at radius 2 is 2.00 bits per heavy atom. The van der Waals surface area contributed by atoms with E-state index >= 15 is 0 Å². The van der Waals surface area contributed by atoms with Crippen LogP contribution < -0.4 is 0 Å². The number of nitrogens with one attached hydrogen (secondary N) is 1. The molecule has 146 valence electrons. The van der Waals surface area contributed by atoms with E-state index in [1.54, 1.807) is 0 Å². The van der Waals surface area contributed by atoms with Crippen molar-refractivity contribution in [2.24, 2.45) is 5.92 Å². The van der Waals surface area contributed by atoms with Crippen LogP contribution in [0, 0.1) is 5.92 Å². The number of amides is 1. The molecule has 27 heavy (non-hydrogen) atoms. The number of carbonyl (C=O) groups excluding carboxylic acids is 1. The van der Waals surface area contributed by atoms with Crippen LogP contribution >= 0.6 is 11.5 Å². The lowest BCUT2D eigenvalue weighted by molar-refractivity contribution is 0.0704. The number of H-pyrrole nitrogens is 1. The van der Waals surface area contributed by atoms with E-state index in [9.17, 15) is 13.2 Å². The largest absolute Gasteiger partial charge is 0.337 e. The van der Waals surface area contributed by atoms with E-state index in [4.69, 9.17) is 0 Å². The van der Waals surface area contributed by atoms with E-state index in [2.05, 4.69) is 26.7 Å². The Morgan fingerprint density at radius 1 is 1.26 bits per heavy atom. The first-order valence-corrected chi connectivity index (χ1v) is 11.9. The first-order chi connectivity index (χ1) is 12.8. The van der Waals surface area contributed by atoms with Gasteiger partial charge in [0.1, 0.15) is 0 Å². The topological polar surface area (TPSA) is 109 Å². The third-order valence-corrected chi connectivity index (χ3v) is 8.13. The molecular weight excluding hydrogens is 386 g/mol. The van der Waals surface area contributed by atoms with Crippen LogP contribution in [-0.2, 0) is 22.7 Å². The molecule has 2 aliphatic rings. The van der Waals surface area contributed by atoms with Crippen LogP contribution in [0.2, 0.25) is 0 Å². The Labute approximate surface area is 162 Å². The van der Waals surface area contributed by atoms with Gasteiger partial charge in [0.05, 0.1) is 5.69 Å². The smallest absolute Gasteiger partial charge is 0.274 e. The minimum absolute atomic E-state index is 0.0191. The molecule has 10 heteroatoms. The maximum absolute atomic E-state index is 13.0. The van der Waals surface area contributed by atoms with Crippen molar-refractivity contribution in [2.75, 3.05) is 19.3 Å². The Bertz CT molecular complexity index is 957. The number of sulfone groups is 1. The summed E-state index contributed by atoms with van der Waals surface area (Å²) in [5.74, 6) is 0.560. The summed E-state index contributed by atoms with van der Waals surface area (Å²) in [6.07, 6.45) is 5.52. The van der Waals surface area contributed by atoms with Gasteiger partial charge in [-0.05, 0) is 38.0 Å². The number of piperidine rings is 1. The Balaban J connectivity index is 1.47. The molecule has 0 saturated carbocycles. The first kappa shape index (κ1) is 18.5. The standard InChI is InChI=1S/C17H23N5O3S2/c1-10-3-4-13-12(9-10)15(19-18-13)16(23)22-7-5-11(6-8-22)14-17(26-21-20-14)27(2,24)25/h10-11H,3-9H2,1-2H3,(H,18,19). The lowest BCUT2D eigenvalue weighted by atomic mass is 9.87. The van der Waals surface area contributed by atoms with Gasteiger partial charge < -0.3 is 4.90 Å². The van der Waals surface area contributed by atoms with Crippen molar-refractivity contribution in [2.45, 2.75) is 49.2 Å². The number of nitrogens with zero attached hydrogens (tertiary/aromatic N) is 4. The van der Waals surface area contributed by atoms with Crippen molar-refractivity contribution >= 4 is 27.3 Å². The van der Waals surface area contributed by atoms with Gasteiger partial charge >= 0.3 is 0 Å². The number of rotatable bonds is 3. The summed E-state index contributed by atoms with van der Waals surface area (Å²) in [4.78, 5) is 14.8. The highest BCUT2D eigenvalue weighted by atomic mass is 32.2. The van der Waals surface area contributed by atoms with E-state index in [1.807, 2.05) is 4.90 Å². The number of aromatic nitrogens is 4. The third kappa shape index (κ3) is 3.52. The summed E-state index contributed by atoms with van der Waals surface area (Å²) in [5.41, 5.74) is 3.28. The zero-order chi connectivity index (χ0) is 19.2. The van der Waals surface area contributed by atoms with E-state index in [0.717, 1.165) is 42.1 Å². The average molecular weight is 410 g/mol. The molecule has 3 heterocycles. The van der Waals surface area contributed by atoms with Crippen molar-refractivity contribution in [3.8, 4) is 0 Å². The van der Waals surface area contributed by atoms with Gasteiger partial charge in [0, 0.05) is 48.1 Å². The zero-order valence-electron chi connectivity index (χ0n) is 15.4. The van der Waals surface area contributed by atoms with Gasteiger partial charge in [-0.3, -0.25) is 9.89 Å². The molecule has 1 aliphatic heterocycles. The van der Waals surface area contributed by atoms with Crippen LogP contribution in [0.3, 0.4) is 0 Å². The monoisotopic (exact) mass is 409 g/mol. The van der Waals surface area contributed by atoms with Crippen LogP contribution in [0.15, 0.2) is 4.21 Å². The molecule has 1 amide bonds. The van der Waals surface area contributed by atoms with Crippen LogP contribution in [0.1, 0.15) is 59.5 Å². The summed E-state index contributed by atoms with van der Waals surface area (Å²) in [6.45, 7) is 3.35. The minimum Gasteiger partial charge on any atom is -0.337 e. The van der Waals surface area contributed by atoms with Crippen molar-refractivity contribution < 1.29 is 13.2 Å². The van der Waals surface area contributed by atoms with Crippen molar-refractivity contribution in [3.63, 3.8) is 0 Å². The fraction of sp³-hybridized carbons (Fsp3) is 0.647. The number of hydrogen-bond donors (Lipinski definition) is 1. The first-order valence-electron chi connectivity index (χ1n) is 9.22. The summed E-state index contributed by atoms with van der Waals surface area (Å²) < 4.78 is 27.9. The van der Waals surface area contributed by atoms with Gasteiger partial charge in [-0.2, -0.15) is 5.10 Å². The van der Waals surface area contributed by atoms with Crippen molar-refractivity contribution in [3.05, 3.63) is 22.6 Å². The van der Waals surface area contributed by atoms with E-state index in [0.29, 0.717) is 43.2 Å². The number of aryl methyl sites for hydroxylation is 1. The summed E-state index contributed by atoms with van der Waals surface area (Å²) in [5, 5.41) is 11.4. The molecule has 0 aromatic carbocycles. The molecule has 1 saturated heterocycles. The number of aromatic amines is 1. The Hall–Kier alpha value is -1.81. The molecule has 0 bridgehead atoms. The van der Waals surface area contributed by atoms with Crippen molar-refractivity contribution in [1.29, 1.82) is 0 Å². The second kappa shape index (κ2) is 6.97. The molecule has 8 nitrogen and oxygen atoms in total. The average Bonchev–Trinajstić information content (AvgIpc) is 3.28. The predicted molar refractivity (Wildman–Crippen MR) is 101 cm³/mol. The van der Waals surface area contributed by atoms with Crippen LogP contribution in [-0.4, -0.2) is 58.4 Å². The molecule has 1 unspecified atom stereocenters. The predicted octanol–water partition coefficient (Wildman–Crippen LogP) is 1.81. The van der Waals surface area contributed by atoms with Gasteiger partial charge in [0.25, 0.3) is 5.91 Å². The van der Waals surface area contributed by atoms with Crippen LogP contribution in [0.4, 0.5) is 0 Å². The zero-order valence-corrected chi connectivity index (χ0v) is 17.1. The van der Waals surface area contributed by atoms with Gasteiger partial charge in [-0.25, -0.2) is 8.42 Å². The summed E-state index contributed by atoms with van der Waals surface area (Å²) in [6, 6.07) is 0. The normalized spacial score (nSPS) is 21.3. The van der Waals surface area contributed by atoms with Gasteiger partial charge in [0.15, 0.2) is 19.7 Å². The molecule has 1 fully saturated rings. The fourth-order valence-corrected chi connectivity index (χ4v) is 5.78. The highest BCUT2D eigenvalue weighted by Gasteiger charge is 2.33. The molecule has 1 N–H and O–H groups in total. The molecule has 2 aromatic heterocycles. The molecule has 1 aliphatic carbocycles. The molecule has 4 rings (SSSR count). The second-order valence-corrected chi connectivity index (χ2v) is 10.6. The Kier molecular flexibility index (Phi) is 4.79. The quantitative estimate of drug-likeness (QED) is 0.828. The maximum Gasteiger partial charge on any atom is 0.274 e. The Morgan fingerprint density at radius 3 is 2.70 bits per heavy atom. The highest BCUT2D eigenvalue weighted by Crippen LogP contribution is 2.33. The number of likely N-dealkylation sites (tertiary alicyclic amines) is 1. The molecule has 0 radical (unpaired) electrons. The summed E-state index contributed by atoms with van der Waals surface area (Å²) in [7, 11) is -3.32. The van der Waals surface area contributed by atoms with Gasteiger partial charge in [0.2, 0.25) is 0 Å². The minimum atomic E-state index is -3.32. The number of hydrogen-bond acceptors (Lipinski definition) is 7. The van der Waals surface area contributed by atoms with Crippen LogP contribution in [0.5, 0.6) is 0 Å². The highest BCUT2D eigenvalue weighted by molar-refractivity contribution is 7.92. The lowest BCUT2D eigenvalue weighted by Crippen LogP contribution is -2.39. The maximum atomic E-state index is 13.0. The molecule has 2 aromatic rings. The molecular formula is C17H23N5O3S2. The lowest BCUT2D eigenvalue weighted by Gasteiger charge is -2.31. The van der Waals surface area contributed by atoms with Gasteiger partial charge in [-0.15, -0.1) is 5.10 Å². The van der Waals surface area contributed by atoms with Gasteiger partial charge in [-0.1, -0.05) is 11.4 Å². The molecule has 1 atom stereocenters. The second-order valence-electron chi connectivity index (χ2n) is 7.66. The SMILES string of the molecule is CC1CCc2[nH]nc(C(=O)N3CCC(c4nnsc4S(C)(=O)=O)CC3)c2C1. The van der Waals surface area contributed by atoms with E-state index in [-0.39, 0.29) is 16.0 Å². The van der Waals surface area contributed by atoms with E-state index < -0.39 is 9.84 Å². The third-order valence-electron chi connectivity index (χ3n) is 5.58. The van der Waals surface area contributed by atoms with E-state index in [1.165, 1.54) is 6.26 Å².